The van der Waals surface area contributed by atoms with Gasteiger partial charge in [0.25, 0.3) is 0 Å². The molecule has 2 atom stereocenters. The summed E-state index contributed by atoms with van der Waals surface area (Å²) in [6, 6.07) is 17.9. The number of carbonyl (C=O) groups is 2. The maximum atomic E-state index is 12.0. The second-order valence-electron chi connectivity index (χ2n) is 5.67. The quantitative estimate of drug-likeness (QED) is 0.734. The van der Waals surface area contributed by atoms with E-state index in [1.165, 1.54) is 7.11 Å². The fourth-order valence-corrected chi connectivity index (χ4v) is 2.28. The van der Waals surface area contributed by atoms with Gasteiger partial charge in [-0.05, 0) is 18.1 Å². The number of carbonyl (C=O) groups excluding carboxylic acids is 2. The fraction of sp³-hybridized carbons (Fsp3) is 0.300. The van der Waals surface area contributed by atoms with Crippen LogP contribution in [0.2, 0.25) is 0 Å². The van der Waals surface area contributed by atoms with Crippen molar-refractivity contribution in [3.63, 3.8) is 0 Å². The van der Waals surface area contributed by atoms with E-state index in [-0.39, 0.29) is 19.3 Å². The van der Waals surface area contributed by atoms with Crippen molar-refractivity contribution in [2.45, 2.75) is 25.7 Å². The Kier molecular flexibility index (Phi) is 7.64. The zero-order valence-corrected chi connectivity index (χ0v) is 14.9. The summed E-state index contributed by atoms with van der Waals surface area (Å²) < 4.78 is 15.6. The number of amides is 1. The summed E-state index contributed by atoms with van der Waals surface area (Å²) in [4.78, 5) is 23.9. The molecular weight excluding hydrogens is 334 g/mol. The fourth-order valence-electron chi connectivity index (χ4n) is 2.28. The molecule has 6 nitrogen and oxygen atoms in total. The number of hydrogen-bond donors (Lipinski definition) is 1. The minimum Gasteiger partial charge on any atom is -0.467 e. The van der Waals surface area contributed by atoms with E-state index < -0.39 is 18.1 Å². The molecule has 138 valence electrons. The second kappa shape index (κ2) is 10.2. The third-order valence-electron chi connectivity index (χ3n) is 3.77. The van der Waals surface area contributed by atoms with Crippen LogP contribution >= 0.6 is 0 Å². The number of methoxy groups -OCH3 is 1. The van der Waals surface area contributed by atoms with E-state index >= 15 is 0 Å². The van der Waals surface area contributed by atoms with Gasteiger partial charge in [0.05, 0.1) is 19.8 Å². The van der Waals surface area contributed by atoms with E-state index in [0.717, 1.165) is 11.1 Å². The largest absolute Gasteiger partial charge is 0.467 e. The van der Waals surface area contributed by atoms with Gasteiger partial charge in [-0.2, -0.15) is 0 Å². The molecule has 0 bridgehead atoms. The van der Waals surface area contributed by atoms with Gasteiger partial charge in [-0.3, -0.25) is 0 Å². The molecule has 0 aliphatic heterocycles. The molecule has 1 unspecified atom stereocenters. The van der Waals surface area contributed by atoms with Gasteiger partial charge in [0.1, 0.15) is 6.61 Å². The highest BCUT2D eigenvalue weighted by molar-refractivity contribution is 5.81. The van der Waals surface area contributed by atoms with E-state index in [4.69, 9.17) is 14.2 Å². The summed E-state index contributed by atoms with van der Waals surface area (Å²) in [6.07, 6.45) is -0.939. The van der Waals surface area contributed by atoms with Gasteiger partial charge in [-0.1, -0.05) is 60.7 Å². The third-order valence-corrected chi connectivity index (χ3v) is 3.77. The maximum Gasteiger partial charge on any atom is 0.408 e. The first kappa shape index (κ1) is 19.5. The molecule has 0 spiro atoms. The zero-order valence-electron chi connectivity index (χ0n) is 14.9. The second-order valence-corrected chi connectivity index (χ2v) is 5.67. The number of benzene rings is 2. The molecule has 26 heavy (non-hydrogen) atoms. The average Bonchev–Trinajstić information content (AvgIpc) is 2.70. The van der Waals surface area contributed by atoms with Crippen LogP contribution in [0.25, 0.3) is 0 Å². The molecule has 0 saturated carbocycles. The highest BCUT2D eigenvalue weighted by atomic mass is 16.6. The van der Waals surface area contributed by atoms with Gasteiger partial charge in [-0.25, -0.2) is 9.59 Å². The zero-order chi connectivity index (χ0) is 18.8. The molecular formula is C20H23NO5. The highest BCUT2D eigenvalue weighted by Gasteiger charge is 2.23. The van der Waals surface area contributed by atoms with Crippen molar-refractivity contribution in [2.75, 3.05) is 13.7 Å². The number of nitrogens with one attached hydrogen (secondary N) is 1. The van der Waals surface area contributed by atoms with Crippen LogP contribution in [0.1, 0.15) is 24.2 Å². The van der Waals surface area contributed by atoms with Gasteiger partial charge < -0.3 is 19.5 Å². The molecule has 2 aromatic rings. The van der Waals surface area contributed by atoms with Crippen LogP contribution in [0.4, 0.5) is 4.79 Å². The highest BCUT2D eigenvalue weighted by Crippen LogP contribution is 2.16. The van der Waals surface area contributed by atoms with E-state index in [1.807, 2.05) is 67.6 Å². The Morgan fingerprint density at radius 3 is 2.23 bits per heavy atom. The summed E-state index contributed by atoms with van der Waals surface area (Å²) in [7, 11) is 1.26. The van der Waals surface area contributed by atoms with Crippen molar-refractivity contribution in [3.05, 3.63) is 71.8 Å². The third kappa shape index (κ3) is 6.22. The molecule has 0 aromatic heterocycles. The summed E-state index contributed by atoms with van der Waals surface area (Å²) in [5, 5.41) is 2.48. The van der Waals surface area contributed by atoms with E-state index in [2.05, 4.69) is 5.32 Å². The van der Waals surface area contributed by atoms with E-state index in [1.54, 1.807) is 0 Å². The van der Waals surface area contributed by atoms with Crippen molar-refractivity contribution in [3.8, 4) is 0 Å². The van der Waals surface area contributed by atoms with Crippen LogP contribution in [-0.2, 0) is 25.6 Å². The molecule has 2 aromatic carbocycles. The summed E-state index contributed by atoms with van der Waals surface area (Å²) in [5.41, 5.74) is 1.83. The van der Waals surface area contributed by atoms with Crippen molar-refractivity contribution in [1.82, 2.24) is 5.32 Å². The average molecular weight is 357 g/mol. The Hall–Kier alpha value is -2.86. The van der Waals surface area contributed by atoms with Crippen molar-refractivity contribution < 1.29 is 23.8 Å². The monoisotopic (exact) mass is 357 g/mol. The number of alkyl carbamates (subject to hydrolysis) is 1. The molecule has 0 saturated heterocycles. The SMILES string of the molecule is COC(=O)C(CO[C@@H](C)c1ccccc1)NC(=O)OCc1ccccc1. The smallest absolute Gasteiger partial charge is 0.408 e. The van der Waals surface area contributed by atoms with Gasteiger partial charge in [0.2, 0.25) is 0 Å². The van der Waals surface area contributed by atoms with Crippen LogP contribution < -0.4 is 5.32 Å². The molecule has 0 aliphatic rings. The Balaban J connectivity index is 1.86. The Bertz CT molecular complexity index is 690. The number of ether oxygens (including phenoxy) is 3. The van der Waals surface area contributed by atoms with E-state index in [0.29, 0.717) is 0 Å². The van der Waals surface area contributed by atoms with Crippen LogP contribution in [-0.4, -0.2) is 31.8 Å². The van der Waals surface area contributed by atoms with Gasteiger partial charge >= 0.3 is 12.1 Å². The molecule has 1 N–H and O–H groups in total. The molecule has 0 heterocycles. The lowest BCUT2D eigenvalue weighted by Crippen LogP contribution is -2.45. The first-order chi connectivity index (χ1) is 12.6. The molecule has 1 amide bonds. The van der Waals surface area contributed by atoms with Crippen molar-refractivity contribution in [2.24, 2.45) is 0 Å². The van der Waals surface area contributed by atoms with Gasteiger partial charge in [0, 0.05) is 0 Å². The Labute approximate surface area is 153 Å². The number of rotatable bonds is 8. The van der Waals surface area contributed by atoms with E-state index in [9.17, 15) is 9.59 Å². The molecule has 2 rings (SSSR count). The molecule has 0 fully saturated rings. The lowest BCUT2D eigenvalue weighted by atomic mass is 10.1. The minimum atomic E-state index is -0.950. The van der Waals surface area contributed by atoms with Crippen LogP contribution in [0, 0.1) is 0 Å². The lowest BCUT2D eigenvalue weighted by Gasteiger charge is -2.19. The maximum absolute atomic E-state index is 12.0. The lowest BCUT2D eigenvalue weighted by molar-refractivity contribution is -0.145. The first-order valence-electron chi connectivity index (χ1n) is 8.31. The standard InChI is InChI=1S/C20H23NO5/c1-15(17-11-7-4-8-12-17)25-14-18(19(22)24-2)21-20(23)26-13-16-9-5-3-6-10-16/h3-12,15,18H,13-14H2,1-2H3,(H,21,23)/t15-,18?/m0/s1. The van der Waals surface area contributed by atoms with Gasteiger partial charge in [-0.15, -0.1) is 0 Å². The Morgan fingerprint density at radius 2 is 1.62 bits per heavy atom. The normalized spacial score (nSPS) is 12.7. The summed E-state index contributed by atoms with van der Waals surface area (Å²) in [5.74, 6) is -0.595. The number of hydrogen-bond acceptors (Lipinski definition) is 5. The molecule has 0 aliphatic carbocycles. The van der Waals surface area contributed by atoms with Crippen molar-refractivity contribution >= 4 is 12.1 Å². The minimum absolute atomic E-state index is 0.0246. The molecule has 6 heteroatoms. The van der Waals surface area contributed by atoms with Gasteiger partial charge in [0.15, 0.2) is 6.04 Å². The predicted octanol–water partition coefficient (Wildman–Crippen LogP) is 3.23. The number of esters is 1. The topological polar surface area (TPSA) is 73.9 Å². The first-order valence-corrected chi connectivity index (χ1v) is 8.31. The van der Waals surface area contributed by atoms with Crippen molar-refractivity contribution in [1.29, 1.82) is 0 Å². The Morgan fingerprint density at radius 1 is 1.00 bits per heavy atom. The van der Waals surface area contributed by atoms with Crippen LogP contribution in [0.5, 0.6) is 0 Å². The van der Waals surface area contributed by atoms with Crippen LogP contribution in [0.15, 0.2) is 60.7 Å². The van der Waals surface area contributed by atoms with Crippen LogP contribution in [0.3, 0.4) is 0 Å². The summed E-state index contributed by atoms with van der Waals surface area (Å²) >= 11 is 0. The summed E-state index contributed by atoms with van der Waals surface area (Å²) in [6.45, 7) is 1.96. The predicted molar refractivity (Wildman–Crippen MR) is 96.4 cm³/mol. The molecule has 0 radical (unpaired) electrons.